The highest BCUT2D eigenvalue weighted by atomic mass is 35.5. The van der Waals surface area contributed by atoms with Crippen molar-refractivity contribution in [3.05, 3.63) is 58.1 Å². The summed E-state index contributed by atoms with van der Waals surface area (Å²) in [6.07, 6.45) is 1.07. The third-order valence-electron chi connectivity index (χ3n) is 4.61. The summed E-state index contributed by atoms with van der Waals surface area (Å²) in [5, 5.41) is 5.67. The van der Waals surface area contributed by atoms with Crippen LogP contribution in [-0.4, -0.2) is 44.0 Å². The smallest absolute Gasteiger partial charge is 0.325 e. The van der Waals surface area contributed by atoms with Gasteiger partial charge < -0.3 is 10.6 Å². The largest absolute Gasteiger partial charge is 0.325 e. The van der Waals surface area contributed by atoms with Gasteiger partial charge >= 0.3 is 6.03 Å². The molecule has 0 bridgehead atoms. The Morgan fingerprint density at radius 1 is 1.13 bits per heavy atom. The standard InChI is InChI=1S/C19H17Cl2N3O5S/c1-19(14-8-3-11(20)9-15(14)21)17(26)24(18(27)23-19)10-16(25)22-12-4-6-13(7-5-12)30(2,28)29/h3-9H,10H2,1-2H3,(H,22,25)(H,23,27). The van der Waals surface area contributed by atoms with Crippen molar-refractivity contribution < 1.29 is 22.8 Å². The highest BCUT2D eigenvalue weighted by Gasteiger charge is 2.50. The van der Waals surface area contributed by atoms with E-state index in [9.17, 15) is 22.8 Å². The normalized spacial score (nSPS) is 19.0. The van der Waals surface area contributed by atoms with Crippen LogP contribution < -0.4 is 10.6 Å². The molecule has 3 rings (SSSR count). The number of benzene rings is 2. The van der Waals surface area contributed by atoms with Crippen LogP contribution in [0.4, 0.5) is 10.5 Å². The van der Waals surface area contributed by atoms with Gasteiger partial charge in [0.2, 0.25) is 5.91 Å². The van der Waals surface area contributed by atoms with Gasteiger partial charge in [0.25, 0.3) is 5.91 Å². The van der Waals surface area contributed by atoms with Crippen molar-refractivity contribution in [3.63, 3.8) is 0 Å². The van der Waals surface area contributed by atoms with Gasteiger partial charge in [0, 0.05) is 27.6 Å². The summed E-state index contributed by atoms with van der Waals surface area (Å²) in [5.41, 5.74) is -0.773. The molecule has 2 aromatic rings. The molecule has 0 aliphatic carbocycles. The lowest BCUT2D eigenvalue weighted by atomic mass is 9.92. The van der Waals surface area contributed by atoms with Crippen molar-refractivity contribution in [1.82, 2.24) is 10.2 Å². The Hall–Kier alpha value is -2.62. The number of halogens is 2. The number of hydrogen-bond acceptors (Lipinski definition) is 5. The van der Waals surface area contributed by atoms with Crippen LogP contribution in [0.3, 0.4) is 0 Å². The molecule has 0 saturated carbocycles. The molecule has 30 heavy (non-hydrogen) atoms. The lowest BCUT2D eigenvalue weighted by Gasteiger charge is -2.23. The maximum Gasteiger partial charge on any atom is 0.325 e. The summed E-state index contributed by atoms with van der Waals surface area (Å²) < 4.78 is 23.0. The fourth-order valence-electron chi connectivity index (χ4n) is 3.05. The molecule has 0 aromatic heterocycles. The number of anilines is 1. The van der Waals surface area contributed by atoms with Gasteiger partial charge in [-0.05, 0) is 43.3 Å². The molecule has 8 nitrogen and oxygen atoms in total. The molecule has 4 amide bonds. The molecule has 1 saturated heterocycles. The second-order valence-electron chi connectivity index (χ2n) is 6.92. The van der Waals surface area contributed by atoms with Crippen molar-refractivity contribution in [1.29, 1.82) is 0 Å². The molecule has 1 fully saturated rings. The number of carbonyl (C=O) groups excluding carboxylic acids is 3. The third-order valence-corrected chi connectivity index (χ3v) is 6.29. The summed E-state index contributed by atoms with van der Waals surface area (Å²) in [7, 11) is -3.36. The summed E-state index contributed by atoms with van der Waals surface area (Å²) >= 11 is 12.1. The summed E-state index contributed by atoms with van der Waals surface area (Å²) in [5.74, 6) is -1.27. The molecule has 0 spiro atoms. The average molecular weight is 470 g/mol. The van der Waals surface area contributed by atoms with Gasteiger partial charge in [0.1, 0.15) is 12.1 Å². The molecule has 11 heteroatoms. The van der Waals surface area contributed by atoms with Crippen LogP contribution in [0, 0.1) is 0 Å². The number of nitrogens with zero attached hydrogens (tertiary/aromatic N) is 1. The number of nitrogens with one attached hydrogen (secondary N) is 2. The quantitative estimate of drug-likeness (QED) is 0.653. The SMILES string of the molecule is CC1(c2ccc(Cl)cc2Cl)NC(=O)N(CC(=O)Nc2ccc(S(C)(=O)=O)cc2)C1=O. The summed E-state index contributed by atoms with van der Waals surface area (Å²) in [4.78, 5) is 38.5. The van der Waals surface area contributed by atoms with Crippen LogP contribution in [-0.2, 0) is 25.0 Å². The van der Waals surface area contributed by atoms with E-state index in [1.807, 2.05) is 0 Å². The zero-order chi connectivity index (χ0) is 22.3. The maximum absolute atomic E-state index is 12.9. The van der Waals surface area contributed by atoms with Gasteiger partial charge in [0.05, 0.1) is 4.90 Å². The molecule has 0 radical (unpaired) electrons. The Morgan fingerprint density at radius 2 is 1.77 bits per heavy atom. The van der Waals surface area contributed by atoms with E-state index >= 15 is 0 Å². The lowest BCUT2D eigenvalue weighted by Crippen LogP contribution is -2.42. The predicted octanol–water partition coefficient (Wildman–Crippen LogP) is 2.80. The number of sulfone groups is 1. The van der Waals surface area contributed by atoms with Crippen LogP contribution >= 0.6 is 23.2 Å². The number of rotatable bonds is 5. The van der Waals surface area contributed by atoms with Crippen LogP contribution in [0.15, 0.2) is 47.4 Å². The van der Waals surface area contributed by atoms with E-state index in [4.69, 9.17) is 23.2 Å². The monoisotopic (exact) mass is 469 g/mol. The first kappa shape index (κ1) is 22.1. The minimum absolute atomic E-state index is 0.102. The summed E-state index contributed by atoms with van der Waals surface area (Å²) in [6.45, 7) is 0.962. The van der Waals surface area contributed by atoms with Crippen LogP contribution in [0.5, 0.6) is 0 Å². The third kappa shape index (κ3) is 4.28. The van der Waals surface area contributed by atoms with Crippen molar-refractivity contribution in [2.45, 2.75) is 17.4 Å². The van der Waals surface area contributed by atoms with Crippen molar-refractivity contribution in [3.8, 4) is 0 Å². The van der Waals surface area contributed by atoms with Gasteiger partial charge in [-0.1, -0.05) is 29.3 Å². The van der Waals surface area contributed by atoms with E-state index in [2.05, 4.69) is 10.6 Å². The molecule has 1 unspecified atom stereocenters. The van der Waals surface area contributed by atoms with Crippen LogP contribution in [0.1, 0.15) is 12.5 Å². The topological polar surface area (TPSA) is 113 Å². The Morgan fingerprint density at radius 3 is 2.33 bits per heavy atom. The number of hydrogen-bond donors (Lipinski definition) is 2. The minimum atomic E-state index is -3.36. The maximum atomic E-state index is 12.9. The zero-order valence-electron chi connectivity index (χ0n) is 15.9. The summed E-state index contributed by atoms with van der Waals surface area (Å²) in [6, 6.07) is 9.32. The van der Waals surface area contributed by atoms with E-state index in [-0.39, 0.29) is 9.92 Å². The van der Waals surface area contributed by atoms with Crippen LogP contribution in [0.2, 0.25) is 10.0 Å². The number of imide groups is 1. The molecular formula is C19H17Cl2N3O5S. The van der Waals surface area contributed by atoms with E-state index in [1.54, 1.807) is 6.07 Å². The zero-order valence-corrected chi connectivity index (χ0v) is 18.2. The van der Waals surface area contributed by atoms with E-state index in [1.165, 1.54) is 43.3 Å². The number of carbonyl (C=O) groups is 3. The first-order chi connectivity index (χ1) is 13.9. The molecule has 2 aromatic carbocycles. The van der Waals surface area contributed by atoms with Crippen molar-refractivity contribution in [2.24, 2.45) is 0 Å². The Labute approximate surface area is 183 Å². The molecule has 2 N–H and O–H groups in total. The van der Waals surface area contributed by atoms with Gasteiger partial charge in [0.15, 0.2) is 9.84 Å². The molecular weight excluding hydrogens is 453 g/mol. The van der Waals surface area contributed by atoms with Crippen molar-refractivity contribution in [2.75, 3.05) is 18.1 Å². The highest BCUT2D eigenvalue weighted by Crippen LogP contribution is 2.34. The van der Waals surface area contributed by atoms with E-state index in [0.717, 1.165) is 11.2 Å². The van der Waals surface area contributed by atoms with E-state index in [0.29, 0.717) is 16.3 Å². The average Bonchev–Trinajstić information content (AvgIpc) is 2.85. The molecule has 1 atom stereocenters. The fourth-order valence-corrected chi connectivity index (χ4v) is 4.28. The van der Waals surface area contributed by atoms with Gasteiger partial charge in [-0.3, -0.25) is 14.5 Å². The molecule has 1 aliphatic rings. The Kier molecular flexibility index (Phi) is 5.81. The number of urea groups is 1. The second kappa shape index (κ2) is 7.90. The second-order valence-corrected chi connectivity index (χ2v) is 9.77. The minimum Gasteiger partial charge on any atom is -0.325 e. The van der Waals surface area contributed by atoms with Gasteiger partial charge in [-0.15, -0.1) is 0 Å². The van der Waals surface area contributed by atoms with Gasteiger partial charge in [-0.2, -0.15) is 0 Å². The molecule has 1 aliphatic heterocycles. The van der Waals surface area contributed by atoms with E-state index < -0.39 is 39.8 Å². The first-order valence-electron chi connectivity index (χ1n) is 8.61. The van der Waals surface area contributed by atoms with Gasteiger partial charge in [-0.25, -0.2) is 13.2 Å². The molecule has 158 valence electrons. The Bertz CT molecular complexity index is 1150. The lowest BCUT2D eigenvalue weighted by molar-refractivity contribution is -0.133. The molecule has 1 heterocycles. The first-order valence-corrected chi connectivity index (χ1v) is 11.3. The van der Waals surface area contributed by atoms with Crippen LogP contribution in [0.25, 0.3) is 0 Å². The highest BCUT2D eigenvalue weighted by molar-refractivity contribution is 7.90. The van der Waals surface area contributed by atoms with Crippen molar-refractivity contribution >= 4 is 56.6 Å². The predicted molar refractivity (Wildman–Crippen MR) is 112 cm³/mol. The number of amides is 4. The fraction of sp³-hybridized carbons (Fsp3) is 0.211. The Balaban J connectivity index is 1.74.